The van der Waals surface area contributed by atoms with Gasteiger partial charge in [-0.1, -0.05) is 11.6 Å². The molecule has 2 N–H and O–H groups in total. The summed E-state index contributed by atoms with van der Waals surface area (Å²) in [5.74, 6) is 0.118. The first kappa shape index (κ1) is 19.7. The van der Waals surface area contributed by atoms with E-state index in [0.717, 1.165) is 11.3 Å². The molecular formula is C20H20ClFN4O2. The minimum Gasteiger partial charge on any atom is -0.496 e. The van der Waals surface area contributed by atoms with Gasteiger partial charge in [0.05, 0.1) is 17.8 Å². The first-order valence-corrected chi connectivity index (χ1v) is 9.02. The minimum atomic E-state index is -0.547. The Labute approximate surface area is 167 Å². The quantitative estimate of drug-likeness (QED) is 0.585. The van der Waals surface area contributed by atoms with Gasteiger partial charge >= 0.3 is 6.03 Å². The summed E-state index contributed by atoms with van der Waals surface area (Å²) in [5, 5.41) is 9.66. The molecule has 0 spiro atoms. The van der Waals surface area contributed by atoms with E-state index in [9.17, 15) is 9.18 Å². The maximum atomic E-state index is 13.2. The number of carbonyl (C=O) groups excluding carboxylic acids is 1. The first-order chi connectivity index (χ1) is 13.4. The normalized spacial score (nSPS) is 10.8. The fourth-order valence-electron chi connectivity index (χ4n) is 2.79. The molecule has 3 aromatic rings. The third-order valence-corrected chi connectivity index (χ3v) is 4.36. The zero-order chi connectivity index (χ0) is 20.3. The van der Waals surface area contributed by atoms with Gasteiger partial charge in [0.25, 0.3) is 0 Å². The molecular weight excluding hydrogens is 383 g/mol. The van der Waals surface area contributed by atoms with Crippen LogP contribution < -0.4 is 15.4 Å². The van der Waals surface area contributed by atoms with Gasteiger partial charge in [0.2, 0.25) is 0 Å². The molecule has 0 saturated carbocycles. The zero-order valence-corrected chi connectivity index (χ0v) is 16.4. The van der Waals surface area contributed by atoms with Crippen molar-refractivity contribution in [3.63, 3.8) is 0 Å². The third kappa shape index (κ3) is 4.26. The average Bonchev–Trinajstić information content (AvgIpc) is 3.14. The number of nitrogens with one attached hydrogen (secondary N) is 2. The zero-order valence-electron chi connectivity index (χ0n) is 15.7. The Morgan fingerprint density at radius 1 is 1.14 bits per heavy atom. The SMILES string of the molecule is COc1ccc(NC(=O)Nc2ccc(F)c(Cl)c2)cc1-c1ccnn1C(C)C. The predicted octanol–water partition coefficient (Wildman–Crippen LogP) is 5.58. The topological polar surface area (TPSA) is 68.2 Å². The van der Waals surface area contributed by atoms with Gasteiger partial charge in [0, 0.05) is 29.2 Å². The second-order valence-electron chi connectivity index (χ2n) is 6.38. The smallest absolute Gasteiger partial charge is 0.323 e. The molecule has 0 aliphatic rings. The van der Waals surface area contributed by atoms with Crippen LogP contribution in [0.15, 0.2) is 48.7 Å². The van der Waals surface area contributed by atoms with E-state index in [2.05, 4.69) is 15.7 Å². The van der Waals surface area contributed by atoms with Gasteiger partial charge in [-0.15, -0.1) is 0 Å². The molecule has 6 nitrogen and oxygen atoms in total. The number of amides is 2. The van der Waals surface area contributed by atoms with E-state index >= 15 is 0 Å². The van der Waals surface area contributed by atoms with Crippen LogP contribution in [-0.2, 0) is 0 Å². The molecule has 0 unspecified atom stereocenters. The summed E-state index contributed by atoms with van der Waals surface area (Å²) >= 11 is 5.74. The minimum absolute atomic E-state index is 0.0634. The van der Waals surface area contributed by atoms with E-state index in [0.29, 0.717) is 17.1 Å². The Kier molecular flexibility index (Phi) is 5.84. The number of methoxy groups -OCH3 is 1. The number of ether oxygens (including phenoxy) is 1. The van der Waals surface area contributed by atoms with Crippen LogP contribution in [0.4, 0.5) is 20.6 Å². The number of aromatic nitrogens is 2. The highest BCUT2D eigenvalue weighted by Gasteiger charge is 2.15. The number of halogens is 2. The van der Waals surface area contributed by atoms with Crippen molar-refractivity contribution < 1.29 is 13.9 Å². The molecule has 0 saturated heterocycles. The van der Waals surface area contributed by atoms with E-state index < -0.39 is 11.8 Å². The Balaban J connectivity index is 1.83. The standard InChI is InChI=1S/C20H20ClFN4O2/c1-12(2)26-18(8-9-23-26)15-10-13(5-7-19(15)28-3)24-20(27)25-14-4-6-17(22)16(21)11-14/h4-12H,1-3H3,(H2,24,25,27). The van der Waals surface area contributed by atoms with Gasteiger partial charge < -0.3 is 15.4 Å². The summed E-state index contributed by atoms with van der Waals surface area (Å²) in [5.41, 5.74) is 2.63. The van der Waals surface area contributed by atoms with Crippen molar-refractivity contribution >= 4 is 29.0 Å². The number of urea groups is 1. The van der Waals surface area contributed by atoms with Crippen LogP contribution in [0.3, 0.4) is 0 Å². The van der Waals surface area contributed by atoms with E-state index in [1.165, 1.54) is 18.2 Å². The lowest BCUT2D eigenvalue weighted by molar-refractivity contribution is 0.262. The van der Waals surface area contributed by atoms with Crippen LogP contribution in [0, 0.1) is 5.82 Å². The Morgan fingerprint density at radius 3 is 2.46 bits per heavy atom. The Morgan fingerprint density at radius 2 is 1.82 bits per heavy atom. The molecule has 146 valence electrons. The fourth-order valence-corrected chi connectivity index (χ4v) is 2.97. The molecule has 3 rings (SSSR count). The van der Waals surface area contributed by atoms with Crippen molar-refractivity contribution in [2.24, 2.45) is 0 Å². The summed E-state index contributed by atoms with van der Waals surface area (Å²) in [6, 6.07) is 10.9. The summed E-state index contributed by atoms with van der Waals surface area (Å²) in [7, 11) is 1.59. The second-order valence-corrected chi connectivity index (χ2v) is 6.79. The summed E-state index contributed by atoms with van der Waals surface area (Å²) < 4.78 is 20.6. The third-order valence-electron chi connectivity index (χ3n) is 4.07. The Hall–Kier alpha value is -3.06. The van der Waals surface area contributed by atoms with Gasteiger partial charge in [0.1, 0.15) is 11.6 Å². The number of anilines is 2. The maximum absolute atomic E-state index is 13.2. The largest absolute Gasteiger partial charge is 0.496 e. The highest BCUT2D eigenvalue weighted by Crippen LogP contribution is 2.33. The lowest BCUT2D eigenvalue weighted by atomic mass is 10.1. The molecule has 2 aromatic carbocycles. The lowest BCUT2D eigenvalue weighted by Crippen LogP contribution is -2.19. The Bertz CT molecular complexity index is 1000. The van der Waals surface area contributed by atoms with E-state index in [1.807, 2.05) is 30.7 Å². The van der Waals surface area contributed by atoms with Crippen LogP contribution in [0.2, 0.25) is 5.02 Å². The molecule has 0 bridgehead atoms. The van der Waals surface area contributed by atoms with Crippen molar-refractivity contribution in [2.45, 2.75) is 19.9 Å². The van der Waals surface area contributed by atoms with Gasteiger partial charge in [-0.25, -0.2) is 9.18 Å². The number of rotatable bonds is 5. The van der Waals surface area contributed by atoms with Crippen LogP contribution in [0.25, 0.3) is 11.3 Å². The van der Waals surface area contributed by atoms with Crippen molar-refractivity contribution in [3.8, 4) is 17.0 Å². The van der Waals surface area contributed by atoms with Crippen molar-refractivity contribution in [1.29, 1.82) is 0 Å². The van der Waals surface area contributed by atoms with Crippen LogP contribution in [0.5, 0.6) is 5.75 Å². The van der Waals surface area contributed by atoms with E-state index in [1.54, 1.807) is 25.4 Å². The van der Waals surface area contributed by atoms with Crippen LogP contribution >= 0.6 is 11.6 Å². The number of carbonyl (C=O) groups is 1. The molecule has 0 aliphatic carbocycles. The molecule has 1 aromatic heterocycles. The van der Waals surface area contributed by atoms with Crippen molar-refractivity contribution in [3.05, 3.63) is 59.5 Å². The first-order valence-electron chi connectivity index (χ1n) is 8.64. The highest BCUT2D eigenvalue weighted by atomic mass is 35.5. The second kappa shape index (κ2) is 8.31. The van der Waals surface area contributed by atoms with Gasteiger partial charge in [-0.3, -0.25) is 4.68 Å². The molecule has 0 atom stereocenters. The van der Waals surface area contributed by atoms with Crippen LogP contribution in [0.1, 0.15) is 19.9 Å². The molecule has 1 heterocycles. The number of nitrogens with zero attached hydrogens (tertiary/aromatic N) is 2. The summed E-state index contributed by atoms with van der Waals surface area (Å²) in [6.07, 6.45) is 1.72. The molecule has 0 radical (unpaired) electrons. The summed E-state index contributed by atoms with van der Waals surface area (Å²) in [4.78, 5) is 12.3. The molecule has 28 heavy (non-hydrogen) atoms. The number of hydrogen-bond donors (Lipinski definition) is 2. The fraction of sp³-hybridized carbons (Fsp3) is 0.200. The molecule has 8 heteroatoms. The van der Waals surface area contributed by atoms with E-state index in [4.69, 9.17) is 16.3 Å². The van der Waals surface area contributed by atoms with E-state index in [-0.39, 0.29) is 11.1 Å². The average molecular weight is 403 g/mol. The van der Waals surface area contributed by atoms with Gasteiger partial charge in [-0.05, 0) is 56.3 Å². The molecule has 2 amide bonds. The van der Waals surface area contributed by atoms with Gasteiger partial charge in [-0.2, -0.15) is 5.10 Å². The monoisotopic (exact) mass is 402 g/mol. The van der Waals surface area contributed by atoms with Gasteiger partial charge in [0.15, 0.2) is 0 Å². The van der Waals surface area contributed by atoms with Crippen molar-refractivity contribution in [1.82, 2.24) is 9.78 Å². The lowest BCUT2D eigenvalue weighted by Gasteiger charge is -2.15. The highest BCUT2D eigenvalue weighted by molar-refractivity contribution is 6.31. The molecule has 0 fully saturated rings. The number of benzene rings is 2. The summed E-state index contributed by atoms with van der Waals surface area (Å²) in [6.45, 7) is 4.07. The van der Waals surface area contributed by atoms with Crippen LogP contribution in [-0.4, -0.2) is 22.9 Å². The molecule has 0 aliphatic heterocycles. The maximum Gasteiger partial charge on any atom is 0.323 e. The van der Waals surface area contributed by atoms with Crippen molar-refractivity contribution in [2.75, 3.05) is 17.7 Å². The predicted molar refractivity (Wildman–Crippen MR) is 109 cm³/mol. The number of hydrogen-bond acceptors (Lipinski definition) is 3.